The summed E-state index contributed by atoms with van der Waals surface area (Å²) in [5.41, 5.74) is 0. The zero-order valence-electron chi connectivity index (χ0n) is 9.77. The smallest absolute Gasteiger partial charge is 0.319 e. The lowest BCUT2D eigenvalue weighted by Crippen LogP contribution is -2.25. The molecule has 0 aromatic carbocycles. The Morgan fingerprint density at radius 1 is 1.62 bits per heavy atom. The molecule has 0 fully saturated rings. The minimum atomic E-state index is -0.232. The molecule has 0 aliphatic heterocycles. The first-order chi connectivity index (χ1) is 7.72. The van der Waals surface area contributed by atoms with E-state index < -0.39 is 0 Å². The number of carbonyl (C=O) groups excluding carboxylic acids is 1. The minimum Gasteiger partial charge on any atom is -0.465 e. The lowest BCUT2D eigenvalue weighted by molar-refractivity contribution is -0.142. The van der Waals surface area contributed by atoms with Crippen LogP contribution in [0.5, 0.6) is 0 Å². The minimum absolute atomic E-state index is 0.196. The monoisotopic (exact) mass is 226 g/mol. The molecule has 1 N–H and O–H groups in total. The van der Waals surface area contributed by atoms with Crippen molar-refractivity contribution in [3.8, 4) is 0 Å². The molecule has 0 saturated heterocycles. The third-order valence-electron chi connectivity index (χ3n) is 1.96. The molecule has 0 aliphatic rings. The number of hydrogen-bond acceptors (Lipinski definition) is 5. The van der Waals surface area contributed by atoms with E-state index in [-0.39, 0.29) is 12.5 Å². The highest BCUT2D eigenvalue weighted by atomic mass is 16.5. The molecule has 0 aliphatic carbocycles. The Labute approximate surface area is 95.0 Å². The molecular weight excluding hydrogens is 208 g/mol. The molecule has 0 spiro atoms. The Kier molecular flexibility index (Phi) is 5.49. The maximum absolute atomic E-state index is 11.2. The predicted octanol–water partition coefficient (Wildman–Crippen LogP) is 0.248. The van der Waals surface area contributed by atoms with Crippen LogP contribution in [0.3, 0.4) is 0 Å². The highest BCUT2D eigenvalue weighted by molar-refractivity contribution is 5.71. The van der Waals surface area contributed by atoms with Gasteiger partial charge in [-0.1, -0.05) is 13.3 Å². The van der Waals surface area contributed by atoms with E-state index in [0.717, 1.165) is 12.8 Å². The number of esters is 1. The highest BCUT2D eigenvalue weighted by Crippen LogP contribution is 1.89. The van der Waals surface area contributed by atoms with Crippen molar-refractivity contribution in [3.63, 3.8) is 0 Å². The molecule has 0 saturated carbocycles. The van der Waals surface area contributed by atoms with Crippen molar-refractivity contribution < 1.29 is 9.53 Å². The second-order valence-electron chi connectivity index (χ2n) is 3.51. The normalized spacial score (nSPS) is 10.4. The van der Waals surface area contributed by atoms with Crippen LogP contribution in [0.25, 0.3) is 0 Å². The first-order valence-corrected chi connectivity index (χ1v) is 5.43. The van der Waals surface area contributed by atoms with Gasteiger partial charge in [-0.05, 0) is 6.42 Å². The number of hydrogen-bond donors (Lipinski definition) is 1. The van der Waals surface area contributed by atoms with Gasteiger partial charge in [0.15, 0.2) is 5.82 Å². The Balaban J connectivity index is 2.08. The number of nitrogens with one attached hydrogen (secondary N) is 1. The van der Waals surface area contributed by atoms with Crippen LogP contribution in [0.15, 0.2) is 6.33 Å². The molecule has 6 heteroatoms. The predicted molar refractivity (Wildman–Crippen MR) is 58.6 cm³/mol. The molecular formula is C10H18N4O2. The summed E-state index contributed by atoms with van der Waals surface area (Å²) in [5, 5.41) is 7.00. The summed E-state index contributed by atoms with van der Waals surface area (Å²) in [5.74, 6) is 0.438. The number of aromatic nitrogens is 3. The second-order valence-corrected chi connectivity index (χ2v) is 3.51. The van der Waals surface area contributed by atoms with Crippen molar-refractivity contribution >= 4 is 5.97 Å². The van der Waals surface area contributed by atoms with E-state index in [0.29, 0.717) is 19.0 Å². The summed E-state index contributed by atoms with van der Waals surface area (Å²) >= 11 is 0. The Hall–Kier alpha value is -1.43. The zero-order chi connectivity index (χ0) is 11.8. The fourth-order valence-electron chi connectivity index (χ4n) is 1.12. The summed E-state index contributed by atoms with van der Waals surface area (Å²) < 4.78 is 6.60. The van der Waals surface area contributed by atoms with Crippen molar-refractivity contribution in [2.24, 2.45) is 7.05 Å². The Morgan fingerprint density at radius 3 is 3.06 bits per heavy atom. The summed E-state index contributed by atoms with van der Waals surface area (Å²) in [4.78, 5) is 15.2. The van der Waals surface area contributed by atoms with Crippen molar-refractivity contribution in [2.45, 2.75) is 26.3 Å². The average Bonchev–Trinajstić information content (AvgIpc) is 2.65. The van der Waals surface area contributed by atoms with Gasteiger partial charge in [-0.3, -0.25) is 14.8 Å². The molecule has 1 heterocycles. The first kappa shape index (κ1) is 12.6. The Morgan fingerprint density at radius 2 is 2.44 bits per heavy atom. The van der Waals surface area contributed by atoms with Crippen molar-refractivity contribution in [3.05, 3.63) is 12.2 Å². The van der Waals surface area contributed by atoms with E-state index in [1.807, 2.05) is 0 Å². The van der Waals surface area contributed by atoms with Crippen molar-refractivity contribution in [1.82, 2.24) is 20.1 Å². The van der Waals surface area contributed by atoms with Crippen molar-refractivity contribution in [2.75, 3.05) is 13.2 Å². The van der Waals surface area contributed by atoms with Gasteiger partial charge in [-0.2, -0.15) is 5.10 Å². The molecule has 0 unspecified atom stereocenters. The second kappa shape index (κ2) is 6.95. The van der Waals surface area contributed by atoms with Crippen LogP contribution in [0, 0.1) is 0 Å². The van der Waals surface area contributed by atoms with Gasteiger partial charge < -0.3 is 4.74 Å². The maximum atomic E-state index is 11.2. The quantitative estimate of drug-likeness (QED) is 0.533. The zero-order valence-corrected chi connectivity index (χ0v) is 9.77. The van der Waals surface area contributed by atoms with Crippen LogP contribution in [0.1, 0.15) is 25.6 Å². The summed E-state index contributed by atoms with van der Waals surface area (Å²) in [7, 11) is 1.80. The lowest BCUT2D eigenvalue weighted by atomic mass is 10.4. The summed E-state index contributed by atoms with van der Waals surface area (Å²) in [6.07, 6.45) is 3.56. The third kappa shape index (κ3) is 4.88. The fraction of sp³-hybridized carbons (Fsp3) is 0.700. The molecule has 90 valence electrons. The Bertz CT molecular complexity index is 324. The van der Waals surface area contributed by atoms with Crippen LogP contribution in [-0.2, 0) is 23.1 Å². The first-order valence-electron chi connectivity index (χ1n) is 5.43. The summed E-state index contributed by atoms with van der Waals surface area (Å²) in [6.45, 7) is 3.23. The molecule has 0 bridgehead atoms. The molecule has 0 atom stereocenters. The number of carbonyl (C=O) groups is 1. The van der Waals surface area contributed by atoms with Gasteiger partial charge >= 0.3 is 5.97 Å². The molecule has 1 aromatic heterocycles. The highest BCUT2D eigenvalue weighted by Gasteiger charge is 2.03. The number of unbranched alkanes of at least 4 members (excludes halogenated alkanes) is 1. The number of aryl methyl sites for hydroxylation is 1. The van der Waals surface area contributed by atoms with E-state index in [4.69, 9.17) is 4.74 Å². The van der Waals surface area contributed by atoms with Crippen LogP contribution < -0.4 is 5.32 Å². The molecule has 0 amide bonds. The van der Waals surface area contributed by atoms with E-state index in [1.165, 1.54) is 0 Å². The number of ether oxygens (including phenoxy) is 1. The molecule has 6 nitrogen and oxygen atoms in total. The van der Waals surface area contributed by atoms with E-state index in [1.54, 1.807) is 18.1 Å². The fourth-order valence-corrected chi connectivity index (χ4v) is 1.12. The van der Waals surface area contributed by atoms with Crippen molar-refractivity contribution in [1.29, 1.82) is 0 Å². The van der Waals surface area contributed by atoms with Crippen LogP contribution >= 0.6 is 0 Å². The van der Waals surface area contributed by atoms with Gasteiger partial charge in [0, 0.05) is 7.05 Å². The third-order valence-corrected chi connectivity index (χ3v) is 1.96. The molecule has 1 rings (SSSR count). The van der Waals surface area contributed by atoms with Gasteiger partial charge in [-0.25, -0.2) is 4.98 Å². The van der Waals surface area contributed by atoms with Gasteiger partial charge in [0.2, 0.25) is 0 Å². The molecule has 0 radical (unpaired) electrons. The topological polar surface area (TPSA) is 69.0 Å². The van der Waals surface area contributed by atoms with Gasteiger partial charge in [0.25, 0.3) is 0 Å². The average molecular weight is 226 g/mol. The van der Waals surface area contributed by atoms with Crippen LogP contribution in [0.4, 0.5) is 0 Å². The van der Waals surface area contributed by atoms with Gasteiger partial charge in [-0.15, -0.1) is 0 Å². The van der Waals surface area contributed by atoms with Crippen LogP contribution in [-0.4, -0.2) is 33.9 Å². The number of nitrogens with zero attached hydrogens (tertiary/aromatic N) is 3. The van der Waals surface area contributed by atoms with Gasteiger partial charge in [0.05, 0.1) is 19.7 Å². The standard InChI is InChI=1S/C10H18N4O2/c1-3-4-5-16-10(15)7-11-6-9-12-8-14(2)13-9/h8,11H,3-7H2,1-2H3. The van der Waals surface area contributed by atoms with E-state index in [2.05, 4.69) is 22.3 Å². The number of rotatable bonds is 7. The SMILES string of the molecule is CCCCOC(=O)CNCc1ncn(C)n1. The van der Waals surface area contributed by atoms with Crippen LogP contribution in [0.2, 0.25) is 0 Å². The largest absolute Gasteiger partial charge is 0.465 e. The van der Waals surface area contributed by atoms with E-state index >= 15 is 0 Å². The summed E-state index contributed by atoms with van der Waals surface area (Å²) in [6, 6.07) is 0. The van der Waals surface area contributed by atoms with E-state index in [9.17, 15) is 4.79 Å². The maximum Gasteiger partial charge on any atom is 0.319 e. The lowest BCUT2D eigenvalue weighted by Gasteiger charge is -2.03. The molecule has 1 aromatic rings. The van der Waals surface area contributed by atoms with Gasteiger partial charge in [0.1, 0.15) is 6.33 Å². The molecule has 16 heavy (non-hydrogen) atoms.